The monoisotopic (exact) mass is 353 g/mol. The molecule has 4 nitrogen and oxygen atoms in total. The van der Waals surface area contributed by atoms with Gasteiger partial charge in [-0.3, -0.25) is 9.36 Å². The van der Waals surface area contributed by atoms with Gasteiger partial charge in [0.25, 0.3) is 5.56 Å². The third-order valence-corrected chi connectivity index (χ3v) is 3.84. The number of aromatic nitrogens is 2. The molecule has 24 heavy (non-hydrogen) atoms. The molecule has 0 radical (unpaired) electrons. The molecule has 2 aromatic heterocycles. The van der Waals surface area contributed by atoms with Crippen LogP contribution in [0.15, 0.2) is 47.3 Å². The normalized spacial score (nSPS) is 11.7. The van der Waals surface area contributed by atoms with E-state index in [1.165, 1.54) is 12.1 Å². The summed E-state index contributed by atoms with van der Waals surface area (Å²) < 4.78 is 40.1. The second-order valence-corrected chi connectivity index (χ2v) is 5.41. The highest BCUT2D eigenvalue weighted by atomic mass is 35.5. The van der Waals surface area contributed by atoms with Gasteiger partial charge in [0, 0.05) is 18.5 Å². The molecule has 0 amide bonds. The quantitative estimate of drug-likeness (QED) is 0.754. The van der Waals surface area contributed by atoms with Crippen LogP contribution in [0.25, 0.3) is 16.7 Å². The number of benzene rings is 1. The molecule has 2 heterocycles. The Morgan fingerprint density at radius 1 is 1.17 bits per heavy atom. The number of fused-ring (bicyclic) bond motifs is 1. The van der Waals surface area contributed by atoms with Gasteiger partial charge in [-0.2, -0.15) is 13.2 Å². The van der Waals surface area contributed by atoms with Crippen molar-refractivity contribution in [2.45, 2.75) is 6.18 Å². The molecule has 0 unspecified atom stereocenters. The number of nitrogens with one attached hydrogen (secondary N) is 1. The van der Waals surface area contributed by atoms with E-state index in [0.29, 0.717) is 11.1 Å². The number of anilines is 1. The number of hydrogen-bond donors (Lipinski definition) is 1. The lowest BCUT2D eigenvalue weighted by atomic mass is 10.2. The molecular formula is C16H11ClF3N3O. The zero-order valence-corrected chi connectivity index (χ0v) is 13.1. The molecule has 0 spiro atoms. The van der Waals surface area contributed by atoms with Gasteiger partial charge in [0.05, 0.1) is 16.4 Å². The van der Waals surface area contributed by atoms with Crippen molar-refractivity contribution in [3.8, 4) is 5.69 Å². The van der Waals surface area contributed by atoms with Crippen LogP contribution in [0.3, 0.4) is 0 Å². The maximum atomic E-state index is 13.0. The summed E-state index contributed by atoms with van der Waals surface area (Å²) in [5.74, 6) is 0. The second-order valence-electron chi connectivity index (χ2n) is 5.00. The molecule has 0 aliphatic carbocycles. The standard InChI is InChI=1S/C16H11ClF3N3O/c1-21-11-8-14(24)23(12-5-3-2-4-10(12)17)15-9(11)6-7-13(22-15)16(18,19)20/h2-8,21H,1H3. The lowest BCUT2D eigenvalue weighted by molar-refractivity contribution is -0.141. The molecule has 1 N–H and O–H groups in total. The van der Waals surface area contributed by atoms with E-state index in [1.807, 2.05) is 0 Å². The van der Waals surface area contributed by atoms with E-state index < -0.39 is 17.4 Å². The maximum absolute atomic E-state index is 13.0. The highest BCUT2D eigenvalue weighted by Gasteiger charge is 2.33. The van der Waals surface area contributed by atoms with Gasteiger partial charge in [-0.05, 0) is 24.3 Å². The van der Waals surface area contributed by atoms with Gasteiger partial charge in [-0.1, -0.05) is 23.7 Å². The summed E-state index contributed by atoms with van der Waals surface area (Å²) in [5, 5.41) is 3.41. The smallest absolute Gasteiger partial charge is 0.387 e. The van der Waals surface area contributed by atoms with E-state index in [-0.39, 0.29) is 16.4 Å². The summed E-state index contributed by atoms with van der Waals surface area (Å²) in [6.45, 7) is 0. The van der Waals surface area contributed by atoms with Crippen molar-refractivity contribution in [3.63, 3.8) is 0 Å². The fourth-order valence-corrected chi connectivity index (χ4v) is 2.65. The third kappa shape index (κ3) is 2.71. The first-order valence-corrected chi connectivity index (χ1v) is 7.27. The molecule has 0 saturated heterocycles. The summed E-state index contributed by atoms with van der Waals surface area (Å²) in [7, 11) is 1.58. The first kappa shape index (κ1) is 16.3. The largest absolute Gasteiger partial charge is 0.433 e. The van der Waals surface area contributed by atoms with Crippen LogP contribution >= 0.6 is 11.6 Å². The summed E-state index contributed by atoms with van der Waals surface area (Å²) >= 11 is 6.11. The van der Waals surface area contributed by atoms with Gasteiger partial charge >= 0.3 is 6.18 Å². The molecule has 1 aromatic carbocycles. The van der Waals surface area contributed by atoms with Gasteiger partial charge in [-0.15, -0.1) is 0 Å². The Hall–Kier alpha value is -2.54. The minimum atomic E-state index is -4.62. The van der Waals surface area contributed by atoms with Crippen molar-refractivity contribution in [2.24, 2.45) is 0 Å². The summed E-state index contributed by atoms with van der Waals surface area (Å²) in [6.07, 6.45) is -4.62. The van der Waals surface area contributed by atoms with Gasteiger partial charge < -0.3 is 5.32 Å². The SMILES string of the molecule is CNc1cc(=O)n(-c2ccccc2Cl)c2nc(C(F)(F)F)ccc12. The van der Waals surface area contributed by atoms with Crippen LogP contribution in [0.2, 0.25) is 5.02 Å². The summed E-state index contributed by atoms with van der Waals surface area (Å²) in [6, 6.07) is 9.85. The molecule has 3 aromatic rings. The molecular weight excluding hydrogens is 343 g/mol. The van der Waals surface area contributed by atoms with Crippen LogP contribution in [0, 0.1) is 0 Å². The predicted molar refractivity (Wildman–Crippen MR) is 86.9 cm³/mol. The van der Waals surface area contributed by atoms with Crippen LogP contribution in [0.4, 0.5) is 18.9 Å². The van der Waals surface area contributed by atoms with Gasteiger partial charge in [0.15, 0.2) is 0 Å². The first-order valence-electron chi connectivity index (χ1n) is 6.89. The minimum Gasteiger partial charge on any atom is -0.387 e. The molecule has 0 saturated carbocycles. The number of hydrogen-bond acceptors (Lipinski definition) is 3. The van der Waals surface area contributed by atoms with E-state index in [0.717, 1.165) is 10.6 Å². The van der Waals surface area contributed by atoms with Crippen molar-refractivity contribution in [3.05, 3.63) is 63.5 Å². The van der Waals surface area contributed by atoms with Crippen LogP contribution in [0.1, 0.15) is 5.69 Å². The Labute approximate surface area is 139 Å². The lowest BCUT2D eigenvalue weighted by Crippen LogP contribution is -2.21. The Kier molecular flexibility index (Phi) is 3.96. The van der Waals surface area contributed by atoms with E-state index in [2.05, 4.69) is 10.3 Å². The van der Waals surface area contributed by atoms with Crippen molar-refractivity contribution < 1.29 is 13.2 Å². The highest BCUT2D eigenvalue weighted by molar-refractivity contribution is 6.32. The van der Waals surface area contributed by atoms with E-state index in [1.54, 1.807) is 31.3 Å². The average molecular weight is 354 g/mol. The summed E-state index contributed by atoms with van der Waals surface area (Å²) in [5.41, 5.74) is -1.08. The van der Waals surface area contributed by atoms with Crippen molar-refractivity contribution in [1.29, 1.82) is 0 Å². The van der Waals surface area contributed by atoms with Crippen LogP contribution in [0.5, 0.6) is 0 Å². The average Bonchev–Trinajstić information content (AvgIpc) is 2.54. The van der Waals surface area contributed by atoms with Crippen LogP contribution in [-0.4, -0.2) is 16.6 Å². The number of rotatable bonds is 2. The molecule has 0 bridgehead atoms. The second kappa shape index (κ2) is 5.83. The molecule has 0 atom stereocenters. The molecule has 3 rings (SSSR count). The Bertz CT molecular complexity index is 982. The van der Waals surface area contributed by atoms with E-state index in [9.17, 15) is 18.0 Å². The Balaban J connectivity index is 2.46. The summed E-state index contributed by atoms with van der Waals surface area (Å²) in [4.78, 5) is 16.1. The molecule has 0 fully saturated rings. The topological polar surface area (TPSA) is 46.9 Å². The lowest BCUT2D eigenvalue weighted by Gasteiger charge is -2.15. The number of nitrogens with zero attached hydrogens (tertiary/aromatic N) is 2. The number of halogens is 4. The molecule has 0 aliphatic rings. The van der Waals surface area contributed by atoms with Crippen molar-refractivity contribution in [2.75, 3.05) is 12.4 Å². The third-order valence-electron chi connectivity index (χ3n) is 3.52. The van der Waals surface area contributed by atoms with Crippen LogP contribution in [-0.2, 0) is 6.18 Å². The molecule has 124 valence electrons. The fraction of sp³-hybridized carbons (Fsp3) is 0.125. The first-order chi connectivity index (χ1) is 11.3. The van der Waals surface area contributed by atoms with Gasteiger partial charge in [0.1, 0.15) is 11.3 Å². The van der Waals surface area contributed by atoms with E-state index >= 15 is 0 Å². The number of alkyl halides is 3. The number of pyridine rings is 2. The van der Waals surface area contributed by atoms with Crippen molar-refractivity contribution >= 4 is 28.3 Å². The minimum absolute atomic E-state index is 0.116. The Morgan fingerprint density at radius 3 is 2.50 bits per heavy atom. The maximum Gasteiger partial charge on any atom is 0.433 e. The van der Waals surface area contributed by atoms with Gasteiger partial charge in [-0.25, -0.2) is 4.98 Å². The zero-order chi connectivity index (χ0) is 17.5. The Morgan fingerprint density at radius 2 is 1.88 bits per heavy atom. The predicted octanol–water partition coefficient (Wildman–Crippen LogP) is 4.10. The van der Waals surface area contributed by atoms with Crippen LogP contribution < -0.4 is 10.9 Å². The molecule has 8 heteroatoms. The van der Waals surface area contributed by atoms with E-state index in [4.69, 9.17) is 11.6 Å². The molecule has 0 aliphatic heterocycles. The van der Waals surface area contributed by atoms with Gasteiger partial charge in [0.2, 0.25) is 0 Å². The zero-order valence-electron chi connectivity index (χ0n) is 12.4. The number of para-hydroxylation sites is 1. The highest BCUT2D eigenvalue weighted by Crippen LogP contribution is 2.31. The fourth-order valence-electron chi connectivity index (χ4n) is 2.43. The van der Waals surface area contributed by atoms with Crippen molar-refractivity contribution in [1.82, 2.24) is 9.55 Å².